The summed E-state index contributed by atoms with van der Waals surface area (Å²) in [6.07, 6.45) is 3.56. The minimum atomic E-state index is 0.520. The van der Waals surface area contributed by atoms with Crippen LogP contribution in [0.25, 0.3) is 0 Å². The van der Waals surface area contributed by atoms with Gasteiger partial charge in [0.05, 0.1) is 6.20 Å². The van der Waals surface area contributed by atoms with E-state index in [9.17, 15) is 0 Å². The van der Waals surface area contributed by atoms with Gasteiger partial charge in [-0.2, -0.15) is 10.1 Å². The Balaban J connectivity index is 1.44. The maximum atomic E-state index is 4.66. The number of anilines is 4. The summed E-state index contributed by atoms with van der Waals surface area (Å²) in [5.74, 6) is 2.39. The Morgan fingerprint density at radius 1 is 0.926 bits per heavy atom. The molecule has 3 heterocycles. The minimum Gasteiger partial charge on any atom is -0.353 e. The SMILES string of the molecule is Cc1ccc(Nc2nncc(N3CCN(c4ccccn4)CC3)n2)c(C)c1. The molecule has 7 heteroatoms. The summed E-state index contributed by atoms with van der Waals surface area (Å²) < 4.78 is 0. The molecule has 0 unspecified atom stereocenters. The van der Waals surface area contributed by atoms with Gasteiger partial charge in [0, 0.05) is 38.1 Å². The summed E-state index contributed by atoms with van der Waals surface area (Å²) in [5.41, 5.74) is 3.39. The Labute approximate surface area is 159 Å². The van der Waals surface area contributed by atoms with Crippen LogP contribution in [0, 0.1) is 13.8 Å². The Kier molecular flexibility index (Phi) is 4.82. The van der Waals surface area contributed by atoms with E-state index in [4.69, 9.17) is 0 Å². The molecule has 1 aromatic carbocycles. The monoisotopic (exact) mass is 361 g/mol. The largest absolute Gasteiger partial charge is 0.353 e. The lowest BCUT2D eigenvalue weighted by Gasteiger charge is -2.35. The van der Waals surface area contributed by atoms with Crippen molar-refractivity contribution >= 4 is 23.3 Å². The molecular formula is C20H23N7. The van der Waals surface area contributed by atoms with Gasteiger partial charge >= 0.3 is 0 Å². The van der Waals surface area contributed by atoms with Crippen LogP contribution >= 0.6 is 0 Å². The molecule has 7 nitrogen and oxygen atoms in total. The van der Waals surface area contributed by atoms with Crippen molar-refractivity contribution < 1.29 is 0 Å². The van der Waals surface area contributed by atoms with Gasteiger partial charge in [0.25, 0.3) is 0 Å². The van der Waals surface area contributed by atoms with E-state index in [1.165, 1.54) is 5.56 Å². The second-order valence-electron chi connectivity index (χ2n) is 6.74. The number of nitrogens with zero attached hydrogens (tertiary/aromatic N) is 6. The molecule has 0 atom stereocenters. The van der Waals surface area contributed by atoms with Gasteiger partial charge in [-0.3, -0.25) is 0 Å². The first-order valence-corrected chi connectivity index (χ1v) is 9.14. The molecule has 3 aromatic rings. The van der Waals surface area contributed by atoms with Crippen LogP contribution in [0.15, 0.2) is 48.8 Å². The molecule has 27 heavy (non-hydrogen) atoms. The van der Waals surface area contributed by atoms with Crippen LogP contribution in [0.2, 0.25) is 0 Å². The van der Waals surface area contributed by atoms with E-state index in [1.807, 2.05) is 30.5 Å². The maximum Gasteiger partial charge on any atom is 0.249 e. The topological polar surface area (TPSA) is 70.1 Å². The average molecular weight is 361 g/mol. The van der Waals surface area contributed by atoms with Gasteiger partial charge in [-0.1, -0.05) is 23.8 Å². The molecule has 4 rings (SSSR count). The lowest BCUT2D eigenvalue weighted by molar-refractivity contribution is 0.639. The van der Waals surface area contributed by atoms with Crippen LogP contribution in [0.5, 0.6) is 0 Å². The fourth-order valence-corrected chi connectivity index (χ4v) is 3.28. The summed E-state index contributed by atoms with van der Waals surface area (Å²) in [7, 11) is 0. The smallest absolute Gasteiger partial charge is 0.249 e. The third-order valence-electron chi connectivity index (χ3n) is 4.75. The van der Waals surface area contributed by atoms with Gasteiger partial charge in [0.2, 0.25) is 5.95 Å². The number of pyridine rings is 1. The van der Waals surface area contributed by atoms with E-state index < -0.39 is 0 Å². The highest BCUT2D eigenvalue weighted by Gasteiger charge is 2.19. The molecule has 0 saturated carbocycles. The number of hydrogen-bond donors (Lipinski definition) is 1. The van der Waals surface area contributed by atoms with Crippen LogP contribution in [-0.2, 0) is 0 Å². The Hall–Kier alpha value is -3.22. The second-order valence-corrected chi connectivity index (χ2v) is 6.74. The summed E-state index contributed by atoms with van der Waals surface area (Å²) >= 11 is 0. The zero-order chi connectivity index (χ0) is 18.6. The molecule has 0 aliphatic carbocycles. The van der Waals surface area contributed by atoms with Crippen LogP contribution in [-0.4, -0.2) is 46.3 Å². The molecule has 0 amide bonds. The fraction of sp³-hybridized carbons (Fsp3) is 0.300. The summed E-state index contributed by atoms with van der Waals surface area (Å²) in [6, 6.07) is 12.3. The van der Waals surface area contributed by atoms with Gasteiger partial charge in [-0.05, 0) is 37.6 Å². The molecule has 1 N–H and O–H groups in total. The number of piperazine rings is 1. The van der Waals surface area contributed by atoms with Crippen molar-refractivity contribution in [1.29, 1.82) is 0 Å². The third-order valence-corrected chi connectivity index (χ3v) is 4.75. The zero-order valence-corrected chi connectivity index (χ0v) is 15.6. The molecule has 0 bridgehead atoms. The number of nitrogens with one attached hydrogen (secondary N) is 1. The molecule has 1 aliphatic heterocycles. The number of benzene rings is 1. The summed E-state index contributed by atoms with van der Waals surface area (Å²) in [4.78, 5) is 13.6. The standard InChI is InChI=1S/C20H23N7/c1-15-6-7-17(16(2)13-15)23-20-24-19(14-22-25-20)27-11-9-26(10-12-27)18-5-3-4-8-21-18/h3-8,13-14H,9-12H2,1-2H3,(H,23,24,25). The minimum absolute atomic E-state index is 0.520. The predicted molar refractivity (Wildman–Crippen MR) is 108 cm³/mol. The van der Waals surface area contributed by atoms with Crippen LogP contribution in [0.4, 0.5) is 23.3 Å². The first kappa shape index (κ1) is 17.2. The van der Waals surface area contributed by atoms with E-state index in [2.05, 4.69) is 61.3 Å². The highest BCUT2D eigenvalue weighted by molar-refractivity contribution is 5.59. The first-order chi connectivity index (χ1) is 13.2. The lowest BCUT2D eigenvalue weighted by Crippen LogP contribution is -2.47. The van der Waals surface area contributed by atoms with E-state index >= 15 is 0 Å². The van der Waals surface area contributed by atoms with Crippen molar-refractivity contribution in [3.63, 3.8) is 0 Å². The Bertz CT molecular complexity index is 905. The van der Waals surface area contributed by atoms with Crippen molar-refractivity contribution in [1.82, 2.24) is 20.2 Å². The first-order valence-electron chi connectivity index (χ1n) is 9.14. The highest BCUT2D eigenvalue weighted by atomic mass is 15.3. The molecule has 1 aliphatic rings. The zero-order valence-electron chi connectivity index (χ0n) is 15.6. The van der Waals surface area contributed by atoms with Crippen molar-refractivity contribution in [2.45, 2.75) is 13.8 Å². The molecule has 0 spiro atoms. The van der Waals surface area contributed by atoms with E-state index in [0.29, 0.717) is 5.95 Å². The van der Waals surface area contributed by atoms with E-state index in [1.54, 1.807) is 6.20 Å². The summed E-state index contributed by atoms with van der Waals surface area (Å²) in [6.45, 7) is 7.71. The molecule has 1 fully saturated rings. The molecule has 1 saturated heterocycles. The Morgan fingerprint density at radius 3 is 2.41 bits per heavy atom. The molecule has 2 aromatic heterocycles. The quantitative estimate of drug-likeness (QED) is 0.766. The molecular weight excluding hydrogens is 338 g/mol. The normalized spacial score (nSPS) is 14.3. The third kappa shape index (κ3) is 3.97. The average Bonchev–Trinajstić information content (AvgIpc) is 2.71. The number of rotatable bonds is 4. The highest BCUT2D eigenvalue weighted by Crippen LogP contribution is 2.21. The molecule has 0 radical (unpaired) electrons. The number of aryl methyl sites for hydroxylation is 2. The van der Waals surface area contributed by atoms with Gasteiger partial charge in [0.1, 0.15) is 5.82 Å². The lowest BCUT2D eigenvalue weighted by atomic mass is 10.1. The van der Waals surface area contributed by atoms with Gasteiger partial charge in [-0.25, -0.2) is 4.98 Å². The van der Waals surface area contributed by atoms with Crippen molar-refractivity contribution in [3.05, 3.63) is 59.9 Å². The van der Waals surface area contributed by atoms with Crippen molar-refractivity contribution in [2.24, 2.45) is 0 Å². The molecule has 138 valence electrons. The van der Waals surface area contributed by atoms with Gasteiger partial charge < -0.3 is 15.1 Å². The van der Waals surface area contributed by atoms with Crippen LogP contribution in [0.1, 0.15) is 11.1 Å². The summed E-state index contributed by atoms with van der Waals surface area (Å²) in [5, 5.41) is 11.6. The van der Waals surface area contributed by atoms with Crippen molar-refractivity contribution in [2.75, 3.05) is 41.3 Å². The van der Waals surface area contributed by atoms with Gasteiger partial charge in [0.15, 0.2) is 5.82 Å². The number of hydrogen-bond acceptors (Lipinski definition) is 7. The van der Waals surface area contributed by atoms with Crippen molar-refractivity contribution in [3.8, 4) is 0 Å². The number of aromatic nitrogens is 4. The second kappa shape index (κ2) is 7.57. The Morgan fingerprint density at radius 2 is 1.70 bits per heavy atom. The van der Waals surface area contributed by atoms with Crippen LogP contribution in [0.3, 0.4) is 0 Å². The fourth-order valence-electron chi connectivity index (χ4n) is 3.28. The van der Waals surface area contributed by atoms with Crippen LogP contribution < -0.4 is 15.1 Å². The van der Waals surface area contributed by atoms with E-state index in [-0.39, 0.29) is 0 Å². The predicted octanol–water partition coefficient (Wildman–Crippen LogP) is 2.95. The van der Waals surface area contributed by atoms with E-state index in [0.717, 1.165) is 49.1 Å². The maximum absolute atomic E-state index is 4.66. The van der Waals surface area contributed by atoms with Gasteiger partial charge in [-0.15, -0.1) is 5.10 Å².